The van der Waals surface area contributed by atoms with Crippen molar-refractivity contribution in [3.8, 4) is 0 Å². The predicted molar refractivity (Wildman–Crippen MR) is 123 cm³/mol. The van der Waals surface area contributed by atoms with Crippen LogP contribution in [0.3, 0.4) is 0 Å². The summed E-state index contributed by atoms with van der Waals surface area (Å²) in [7, 11) is 0. The van der Waals surface area contributed by atoms with Crippen LogP contribution in [0.4, 0.5) is 4.39 Å². The molecule has 0 aliphatic heterocycles. The van der Waals surface area contributed by atoms with Gasteiger partial charge in [-0.3, -0.25) is 14.4 Å². The maximum atomic E-state index is 17.3. The molecule has 0 radical (unpaired) electrons. The molecule has 0 aromatic heterocycles. The van der Waals surface area contributed by atoms with Gasteiger partial charge < -0.3 is 14.9 Å². The van der Waals surface area contributed by atoms with Crippen LogP contribution in [0.25, 0.3) is 0 Å². The SMILES string of the molecule is CCCCC(=O)O[C@]1(C(=O)CO)C(C)CC2(C)C1CC(O)[C@@]1(F)C2CCC2=CC(=O)C=CC21C. The van der Waals surface area contributed by atoms with E-state index in [2.05, 4.69) is 0 Å². The lowest BCUT2D eigenvalue weighted by molar-refractivity contribution is -0.221. The minimum atomic E-state index is -2.04. The summed E-state index contributed by atoms with van der Waals surface area (Å²) in [5, 5.41) is 21.3. The molecule has 0 bridgehead atoms. The highest BCUT2D eigenvalue weighted by molar-refractivity contribution is 6.01. The van der Waals surface area contributed by atoms with E-state index in [0.29, 0.717) is 31.3 Å². The molecule has 188 valence electrons. The van der Waals surface area contributed by atoms with E-state index in [0.717, 1.165) is 6.42 Å². The van der Waals surface area contributed by atoms with Crippen LogP contribution in [0, 0.1) is 28.6 Å². The Morgan fingerprint density at radius 3 is 2.62 bits per heavy atom. The molecule has 4 rings (SSSR count). The third-order valence-corrected chi connectivity index (χ3v) is 9.70. The molecule has 8 atom stereocenters. The van der Waals surface area contributed by atoms with E-state index >= 15 is 4.39 Å². The first-order valence-corrected chi connectivity index (χ1v) is 12.6. The van der Waals surface area contributed by atoms with Crippen LogP contribution >= 0.6 is 0 Å². The number of alkyl halides is 1. The summed E-state index contributed by atoms with van der Waals surface area (Å²) in [6.45, 7) is 6.69. The molecule has 7 heteroatoms. The number of carbonyl (C=O) groups excluding carboxylic acids is 3. The molecule has 4 aliphatic rings. The summed E-state index contributed by atoms with van der Waals surface area (Å²) in [5.41, 5.74) is -4.82. The summed E-state index contributed by atoms with van der Waals surface area (Å²) in [6.07, 6.45) is 5.93. The fourth-order valence-corrected chi connectivity index (χ4v) is 8.08. The Balaban J connectivity index is 1.80. The number of unbranched alkanes of at least 4 members (excludes halogenated alkanes) is 1. The Morgan fingerprint density at radius 2 is 1.97 bits per heavy atom. The van der Waals surface area contributed by atoms with Gasteiger partial charge in [0.15, 0.2) is 17.1 Å². The number of hydrogen-bond acceptors (Lipinski definition) is 6. The number of fused-ring (bicyclic) bond motifs is 5. The highest BCUT2D eigenvalue weighted by Gasteiger charge is 2.76. The van der Waals surface area contributed by atoms with Crippen LogP contribution in [-0.4, -0.2) is 51.7 Å². The summed E-state index contributed by atoms with van der Waals surface area (Å²) in [6, 6.07) is 0. The number of Topliss-reactive ketones (excluding diaryl/α,β-unsaturated/α-hetero) is 1. The largest absolute Gasteiger partial charge is 0.450 e. The summed E-state index contributed by atoms with van der Waals surface area (Å²) < 4.78 is 23.3. The lowest BCUT2D eigenvalue weighted by Crippen LogP contribution is -2.69. The molecule has 3 saturated carbocycles. The van der Waals surface area contributed by atoms with Gasteiger partial charge in [0, 0.05) is 29.6 Å². The summed E-state index contributed by atoms with van der Waals surface area (Å²) in [4.78, 5) is 38.0. The van der Waals surface area contributed by atoms with Crippen molar-refractivity contribution in [2.75, 3.05) is 6.61 Å². The molecule has 0 spiro atoms. The molecule has 34 heavy (non-hydrogen) atoms. The second-order valence-electron chi connectivity index (χ2n) is 11.3. The normalized spacial score (nSPS) is 45.1. The number of allylic oxidation sites excluding steroid dienone is 4. The molecule has 0 aromatic rings. The average molecular weight is 477 g/mol. The molecular weight excluding hydrogens is 439 g/mol. The fourth-order valence-electron chi connectivity index (χ4n) is 8.08. The van der Waals surface area contributed by atoms with Crippen LogP contribution in [-0.2, 0) is 19.1 Å². The first-order chi connectivity index (χ1) is 15.9. The van der Waals surface area contributed by atoms with E-state index in [1.807, 2.05) is 20.8 Å². The van der Waals surface area contributed by atoms with Gasteiger partial charge >= 0.3 is 5.97 Å². The Morgan fingerprint density at radius 1 is 1.26 bits per heavy atom. The smallest absolute Gasteiger partial charge is 0.306 e. The molecule has 4 aliphatic carbocycles. The average Bonchev–Trinajstić information content (AvgIpc) is 3.00. The highest BCUT2D eigenvalue weighted by Crippen LogP contribution is 2.71. The Labute approximate surface area is 200 Å². The minimum absolute atomic E-state index is 0.0642. The lowest BCUT2D eigenvalue weighted by Gasteiger charge is -2.63. The van der Waals surface area contributed by atoms with Crippen molar-refractivity contribution < 1.29 is 33.7 Å². The van der Waals surface area contributed by atoms with Gasteiger partial charge in [0.25, 0.3) is 0 Å². The number of rotatable bonds is 6. The maximum absolute atomic E-state index is 17.3. The Bertz CT molecular complexity index is 957. The zero-order valence-electron chi connectivity index (χ0n) is 20.6. The molecule has 0 heterocycles. The fraction of sp³-hybridized carbons (Fsp3) is 0.741. The van der Waals surface area contributed by atoms with Gasteiger partial charge in [-0.2, -0.15) is 0 Å². The van der Waals surface area contributed by atoms with Crippen molar-refractivity contribution in [2.24, 2.45) is 28.6 Å². The topological polar surface area (TPSA) is 101 Å². The number of aliphatic hydroxyl groups excluding tert-OH is 2. The molecule has 6 unspecified atom stereocenters. The lowest BCUT2D eigenvalue weighted by atomic mass is 9.44. The molecule has 6 nitrogen and oxygen atoms in total. The standard InChI is InChI=1S/C27H37FO6/c1-5-6-7-23(33)34-26(22(32)15-29)16(2)14-24(3)19-9-8-17-12-18(30)10-11-25(17,4)27(19,28)21(31)13-20(24)26/h10-12,16,19-21,29,31H,5-9,13-15H2,1-4H3/t16?,19?,20?,21?,24?,25?,26-,27+/m1/s1. The second-order valence-corrected chi connectivity index (χ2v) is 11.3. The summed E-state index contributed by atoms with van der Waals surface area (Å²) >= 11 is 0. The van der Waals surface area contributed by atoms with Gasteiger partial charge in [-0.25, -0.2) is 4.39 Å². The van der Waals surface area contributed by atoms with E-state index in [1.165, 1.54) is 12.2 Å². The van der Waals surface area contributed by atoms with Crippen molar-refractivity contribution in [2.45, 2.75) is 90.0 Å². The zero-order chi connectivity index (χ0) is 25.1. The van der Waals surface area contributed by atoms with Crippen molar-refractivity contribution in [3.05, 3.63) is 23.8 Å². The molecule has 0 amide bonds. The van der Waals surface area contributed by atoms with Gasteiger partial charge in [0.2, 0.25) is 5.78 Å². The number of halogens is 1. The van der Waals surface area contributed by atoms with E-state index in [-0.39, 0.29) is 18.6 Å². The zero-order valence-corrected chi connectivity index (χ0v) is 20.6. The second kappa shape index (κ2) is 8.37. The predicted octanol–water partition coefficient (Wildman–Crippen LogP) is 3.64. The third kappa shape index (κ3) is 3.15. The van der Waals surface area contributed by atoms with E-state index in [9.17, 15) is 24.6 Å². The van der Waals surface area contributed by atoms with E-state index in [1.54, 1.807) is 13.0 Å². The van der Waals surface area contributed by atoms with Gasteiger partial charge in [-0.05, 0) is 56.6 Å². The van der Waals surface area contributed by atoms with Gasteiger partial charge in [0.05, 0.1) is 6.10 Å². The number of ether oxygens (including phenoxy) is 1. The van der Waals surface area contributed by atoms with Gasteiger partial charge in [0.1, 0.15) is 6.61 Å². The van der Waals surface area contributed by atoms with Gasteiger partial charge in [-0.1, -0.05) is 38.8 Å². The van der Waals surface area contributed by atoms with Crippen LogP contribution < -0.4 is 0 Å². The monoisotopic (exact) mass is 476 g/mol. The van der Waals surface area contributed by atoms with Crippen molar-refractivity contribution in [1.82, 2.24) is 0 Å². The molecule has 0 aromatic carbocycles. The number of carbonyl (C=O) groups is 3. The summed E-state index contributed by atoms with van der Waals surface area (Å²) in [5.74, 6) is -2.92. The van der Waals surface area contributed by atoms with Crippen molar-refractivity contribution in [1.29, 1.82) is 0 Å². The number of esters is 1. The van der Waals surface area contributed by atoms with Crippen molar-refractivity contribution in [3.63, 3.8) is 0 Å². The number of hydrogen-bond donors (Lipinski definition) is 2. The van der Waals surface area contributed by atoms with Gasteiger partial charge in [-0.15, -0.1) is 0 Å². The molecule has 0 saturated heterocycles. The third-order valence-electron chi connectivity index (χ3n) is 9.70. The quantitative estimate of drug-likeness (QED) is 0.568. The Kier molecular flexibility index (Phi) is 6.21. The maximum Gasteiger partial charge on any atom is 0.306 e. The minimum Gasteiger partial charge on any atom is -0.450 e. The Hall–Kier alpha value is -1.86. The number of aliphatic hydroxyl groups is 2. The van der Waals surface area contributed by atoms with Crippen LogP contribution in [0.15, 0.2) is 23.8 Å². The van der Waals surface area contributed by atoms with Crippen molar-refractivity contribution >= 4 is 17.5 Å². The number of ketones is 2. The highest BCUT2D eigenvalue weighted by atomic mass is 19.1. The first-order valence-electron chi connectivity index (χ1n) is 12.6. The van der Waals surface area contributed by atoms with Crippen LogP contribution in [0.2, 0.25) is 0 Å². The van der Waals surface area contributed by atoms with E-state index in [4.69, 9.17) is 4.74 Å². The van der Waals surface area contributed by atoms with Crippen LogP contribution in [0.1, 0.15) is 72.6 Å². The molecular formula is C27H37FO6. The van der Waals surface area contributed by atoms with E-state index < -0.39 is 64.3 Å². The molecule has 2 N–H and O–H groups in total. The molecule has 3 fully saturated rings. The first kappa shape index (κ1) is 25.2. The van der Waals surface area contributed by atoms with Crippen LogP contribution in [0.5, 0.6) is 0 Å².